The van der Waals surface area contributed by atoms with E-state index in [0.29, 0.717) is 5.76 Å². The van der Waals surface area contributed by atoms with E-state index in [2.05, 4.69) is 4.72 Å². The molecule has 10 heteroatoms. The lowest BCUT2D eigenvalue weighted by Gasteiger charge is -2.08. The van der Waals surface area contributed by atoms with Crippen molar-refractivity contribution in [1.82, 2.24) is 4.72 Å². The number of benzene rings is 2. The van der Waals surface area contributed by atoms with Gasteiger partial charge in [0.05, 0.1) is 33.8 Å². The van der Waals surface area contributed by atoms with Crippen LogP contribution in [0.5, 0.6) is 0 Å². The SMILES string of the molecule is O=C(OCc1ccccc1[N+](=O)[O-])c1ccc(S(=O)(=O)NCc2ccco2)cc1. The summed E-state index contributed by atoms with van der Waals surface area (Å²) in [6.45, 7) is -0.282. The van der Waals surface area contributed by atoms with E-state index in [1.807, 2.05) is 0 Å². The van der Waals surface area contributed by atoms with Gasteiger partial charge in [-0.15, -0.1) is 0 Å². The minimum Gasteiger partial charge on any atom is -0.468 e. The smallest absolute Gasteiger partial charge is 0.338 e. The van der Waals surface area contributed by atoms with Gasteiger partial charge < -0.3 is 9.15 Å². The highest BCUT2D eigenvalue weighted by atomic mass is 32.2. The van der Waals surface area contributed by atoms with Crippen molar-refractivity contribution < 1.29 is 27.3 Å². The molecule has 0 unspecified atom stereocenters. The largest absolute Gasteiger partial charge is 0.468 e. The zero-order valence-electron chi connectivity index (χ0n) is 15.0. The molecule has 0 fully saturated rings. The molecule has 1 aromatic heterocycles. The molecule has 2 aromatic carbocycles. The minimum atomic E-state index is -3.79. The second-order valence-corrected chi connectivity index (χ2v) is 7.66. The summed E-state index contributed by atoms with van der Waals surface area (Å²) < 4.78 is 37.1. The topological polar surface area (TPSA) is 129 Å². The predicted octanol–water partition coefficient (Wildman–Crippen LogP) is 3.02. The zero-order valence-corrected chi connectivity index (χ0v) is 15.8. The third-order valence-electron chi connectivity index (χ3n) is 3.96. The first-order valence-electron chi connectivity index (χ1n) is 8.38. The number of carbonyl (C=O) groups excluding carboxylic acids is 1. The number of nitrogens with one attached hydrogen (secondary N) is 1. The maximum absolute atomic E-state index is 12.3. The first-order chi connectivity index (χ1) is 13.9. The monoisotopic (exact) mass is 416 g/mol. The van der Waals surface area contributed by atoms with Crippen LogP contribution in [0, 0.1) is 10.1 Å². The van der Waals surface area contributed by atoms with Gasteiger partial charge in [0, 0.05) is 6.07 Å². The molecule has 150 valence electrons. The average molecular weight is 416 g/mol. The highest BCUT2D eigenvalue weighted by molar-refractivity contribution is 7.89. The van der Waals surface area contributed by atoms with Gasteiger partial charge in [-0.05, 0) is 42.5 Å². The Morgan fingerprint density at radius 3 is 2.45 bits per heavy atom. The van der Waals surface area contributed by atoms with Crippen LogP contribution >= 0.6 is 0 Å². The van der Waals surface area contributed by atoms with Crippen LogP contribution < -0.4 is 4.72 Å². The van der Waals surface area contributed by atoms with E-state index in [-0.39, 0.29) is 34.9 Å². The fourth-order valence-corrected chi connectivity index (χ4v) is 3.46. The summed E-state index contributed by atoms with van der Waals surface area (Å²) >= 11 is 0. The van der Waals surface area contributed by atoms with Gasteiger partial charge in [0.25, 0.3) is 5.69 Å². The number of sulfonamides is 1. The number of ether oxygens (including phenoxy) is 1. The number of carbonyl (C=O) groups is 1. The fourth-order valence-electron chi connectivity index (χ4n) is 2.47. The van der Waals surface area contributed by atoms with Crippen molar-refractivity contribution in [3.63, 3.8) is 0 Å². The van der Waals surface area contributed by atoms with Gasteiger partial charge in [-0.25, -0.2) is 17.9 Å². The molecule has 0 aliphatic heterocycles. The van der Waals surface area contributed by atoms with Crippen LogP contribution in [0.3, 0.4) is 0 Å². The Morgan fingerprint density at radius 2 is 1.79 bits per heavy atom. The summed E-state index contributed by atoms with van der Waals surface area (Å²) in [4.78, 5) is 22.6. The van der Waals surface area contributed by atoms with E-state index in [9.17, 15) is 23.3 Å². The van der Waals surface area contributed by atoms with Gasteiger partial charge >= 0.3 is 5.97 Å². The van der Waals surface area contributed by atoms with Gasteiger partial charge in [-0.3, -0.25) is 10.1 Å². The first kappa shape index (κ1) is 20.2. The number of nitro benzene ring substituents is 1. The number of nitro groups is 1. The molecule has 0 radical (unpaired) electrons. The van der Waals surface area contributed by atoms with Crippen molar-refractivity contribution >= 4 is 21.7 Å². The van der Waals surface area contributed by atoms with E-state index in [1.165, 1.54) is 48.7 Å². The van der Waals surface area contributed by atoms with Crippen LogP contribution in [0.15, 0.2) is 76.2 Å². The Hall–Kier alpha value is -3.50. The summed E-state index contributed by atoms with van der Waals surface area (Å²) in [5.74, 6) is -0.264. The third-order valence-corrected chi connectivity index (χ3v) is 5.38. The van der Waals surface area contributed by atoms with E-state index >= 15 is 0 Å². The van der Waals surface area contributed by atoms with Crippen molar-refractivity contribution in [2.75, 3.05) is 0 Å². The lowest BCUT2D eigenvalue weighted by atomic mass is 10.2. The first-order valence-corrected chi connectivity index (χ1v) is 9.86. The highest BCUT2D eigenvalue weighted by Crippen LogP contribution is 2.19. The number of rotatable bonds is 8. The van der Waals surface area contributed by atoms with Crippen LogP contribution in [0.25, 0.3) is 0 Å². The fraction of sp³-hybridized carbons (Fsp3) is 0.105. The standard InChI is InChI=1S/C19H16N2O7S/c22-19(28-13-15-4-1-2-6-18(15)21(23)24)14-7-9-17(10-8-14)29(25,26)20-12-16-5-3-11-27-16/h1-11,20H,12-13H2. The van der Waals surface area contributed by atoms with E-state index in [0.717, 1.165) is 0 Å². The Labute approximate surface area is 166 Å². The molecule has 0 bridgehead atoms. The number of hydrogen-bond donors (Lipinski definition) is 1. The van der Waals surface area contributed by atoms with Crippen LogP contribution in [0.1, 0.15) is 21.7 Å². The van der Waals surface area contributed by atoms with Crippen LogP contribution in [0.4, 0.5) is 5.69 Å². The molecular formula is C19H16N2O7S. The third kappa shape index (κ3) is 5.06. The van der Waals surface area contributed by atoms with Crippen LogP contribution in [0.2, 0.25) is 0 Å². The molecule has 1 heterocycles. The van der Waals surface area contributed by atoms with Gasteiger partial charge in [0.2, 0.25) is 10.0 Å². The zero-order chi connectivity index (χ0) is 20.9. The number of esters is 1. The average Bonchev–Trinajstić information content (AvgIpc) is 3.24. The van der Waals surface area contributed by atoms with E-state index in [4.69, 9.17) is 9.15 Å². The van der Waals surface area contributed by atoms with Gasteiger partial charge in [-0.1, -0.05) is 12.1 Å². The molecule has 0 saturated heterocycles. The Kier molecular flexibility index (Phi) is 6.05. The van der Waals surface area contributed by atoms with E-state index in [1.54, 1.807) is 18.2 Å². The van der Waals surface area contributed by atoms with Crippen molar-refractivity contribution in [1.29, 1.82) is 0 Å². The number of hydrogen-bond acceptors (Lipinski definition) is 7. The van der Waals surface area contributed by atoms with Gasteiger partial charge in [0.15, 0.2) is 0 Å². The Balaban J connectivity index is 1.63. The molecular weight excluding hydrogens is 400 g/mol. The Morgan fingerprint density at radius 1 is 1.07 bits per heavy atom. The van der Waals surface area contributed by atoms with E-state index < -0.39 is 20.9 Å². The van der Waals surface area contributed by atoms with Crippen LogP contribution in [-0.4, -0.2) is 19.3 Å². The maximum Gasteiger partial charge on any atom is 0.338 e. The number of para-hydroxylation sites is 1. The summed E-state index contributed by atoms with van der Waals surface area (Å²) in [6, 6.07) is 14.4. The highest BCUT2D eigenvalue weighted by Gasteiger charge is 2.17. The van der Waals surface area contributed by atoms with Crippen molar-refractivity contribution in [3.8, 4) is 0 Å². The molecule has 0 atom stereocenters. The molecule has 0 aliphatic rings. The second kappa shape index (κ2) is 8.67. The van der Waals surface area contributed by atoms with Crippen molar-refractivity contribution in [3.05, 3.63) is 93.9 Å². The summed E-state index contributed by atoms with van der Waals surface area (Å²) in [5, 5.41) is 11.0. The van der Waals surface area contributed by atoms with Crippen molar-refractivity contribution in [2.24, 2.45) is 0 Å². The second-order valence-electron chi connectivity index (χ2n) is 5.89. The predicted molar refractivity (Wildman–Crippen MR) is 101 cm³/mol. The molecule has 3 aromatic rings. The summed E-state index contributed by atoms with van der Waals surface area (Å²) in [5.41, 5.74) is 0.227. The molecule has 3 rings (SSSR count). The molecule has 0 aliphatic carbocycles. The normalized spacial score (nSPS) is 11.2. The van der Waals surface area contributed by atoms with Crippen molar-refractivity contribution in [2.45, 2.75) is 18.0 Å². The molecule has 0 amide bonds. The molecule has 0 spiro atoms. The van der Waals surface area contributed by atoms with Crippen LogP contribution in [-0.2, 0) is 27.9 Å². The molecule has 29 heavy (non-hydrogen) atoms. The van der Waals surface area contributed by atoms with Gasteiger partial charge in [-0.2, -0.15) is 0 Å². The minimum absolute atomic E-state index is 0.00498. The Bertz CT molecular complexity index is 1110. The maximum atomic E-state index is 12.3. The lowest BCUT2D eigenvalue weighted by Crippen LogP contribution is -2.23. The number of furan rings is 1. The molecule has 0 saturated carbocycles. The lowest BCUT2D eigenvalue weighted by molar-refractivity contribution is -0.385. The number of nitrogens with zero attached hydrogens (tertiary/aromatic N) is 1. The quantitative estimate of drug-likeness (QED) is 0.339. The molecule has 1 N–H and O–H groups in total. The summed E-state index contributed by atoms with van der Waals surface area (Å²) in [6.07, 6.45) is 1.44. The van der Waals surface area contributed by atoms with Gasteiger partial charge in [0.1, 0.15) is 12.4 Å². The summed E-state index contributed by atoms with van der Waals surface area (Å²) in [7, 11) is -3.79. The molecule has 9 nitrogen and oxygen atoms in total.